The lowest BCUT2D eigenvalue weighted by Crippen LogP contribution is -2.13. The van der Waals surface area contributed by atoms with Crippen LogP contribution in [0, 0.1) is 17.0 Å². The third kappa shape index (κ3) is 2.00. The third-order valence-electron chi connectivity index (χ3n) is 3.01. The fourth-order valence-electron chi connectivity index (χ4n) is 2.19. The van der Waals surface area contributed by atoms with Crippen molar-refractivity contribution in [3.63, 3.8) is 0 Å². The minimum absolute atomic E-state index is 0.000531. The average Bonchev–Trinajstić information content (AvgIpc) is 2.62. The van der Waals surface area contributed by atoms with Crippen LogP contribution in [0.5, 0.6) is 0 Å². The molecule has 1 aromatic rings. The highest BCUT2D eigenvalue weighted by Gasteiger charge is 2.23. The van der Waals surface area contributed by atoms with E-state index < -0.39 is 4.92 Å². The number of aryl methyl sites for hydroxylation is 1. The van der Waals surface area contributed by atoms with Crippen molar-refractivity contribution in [2.75, 3.05) is 0 Å². The van der Waals surface area contributed by atoms with Gasteiger partial charge in [-0.05, 0) is 24.7 Å². The predicted molar refractivity (Wildman–Crippen MR) is 55.7 cm³/mol. The van der Waals surface area contributed by atoms with Gasteiger partial charge in [0, 0.05) is 0 Å². The van der Waals surface area contributed by atoms with Gasteiger partial charge in [0.05, 0.1) is 22.9 Å². The van der Waals surface area contributed by atoms with Gasteiger partial charge in [-0.25, -0.2) is 0 Å². The molecule has 82 valence electrons. The summed E-state index contributed by atoms with van der Waals surface area (Å²) in [5, 5.41) is 14.7. The molecule has 1 fully saturated rings. The van der Waals surface area contributed by atoms with Gasteiger partial charge in [-0.1, -0.05) is 19.3 Å². The Labute approximate surface area is 88.2 Å². The van der Waals surface area contributed by atoms with Gasteiger partial charge in [-0.2, -0.15) is 4.68 Å². The van der Waals surface area contributed by atoms with Crippen molar-refractivity contribution in [1.29, 1.82) is 0 Å². The van der Waals surface area contributed by atoms with Gasteiger partial charge in [0.1, 0.15) is 0 Å². The molecule has 0 saturated heterocycles. The number of hydrogen-bond donors (Lipinski definition) is 0. The van der Waals surface area contributed by atoms with Gasteiger partial charge < -0.3 is 10.1 Å². The Morgan fingerprint density at radius 2 is 2.13 bits per heavy atom. The molecule has 0 radical (unpaired) electrons. The average molecular weight is 209 g/mol. The Balaban J connectivity index is 2.21. The van der Waals surface area contributed by atoms with Gasteiger partial charge >= 0.3 is 5.82 Å². The number of rotatable bonds is 2. The summed E-state index contributed by atoms with van der Waals surface area (Å²) in [7, 11) is 0. The standard InChI is InChI=1S/C10H15N3O2/c1-8-7-12(11-10(8)13(14)15)9-5-3-2-4-6-9/h7,9H,2-6H2,1H3. The zero-order valence-corrected chi connectivity index (χ0v) is 8.85. The van der Waals surface area contributed by atoms with Crippen molar-refractivity contribution in [1.82, 2.24) is 9.78 Å². The Morgan fingerprint density at radius 3 is 2.67 bits per heavy atom. The molecule has 0 N–H and O–H groups in total. The molecule has 1 heterocycles. The SMILES string of the molecule is Cc1cn(C2CCCCC2)nc1[N+](=O)[O-]. The zero-order valence-electron chi connectivity index (χ0n) is 8.85. The van der Waals surface area contributed by atoms with Crippen LogP contribution in [0.4, 0.5) is 5.82 Å². The Bertz CT molecular complexity index is 367. The van der Waals surface area contributed by atoms with Crippen molar-refractivity contribution in [2.24, 2.45) is 0 Å². The summed E-state index contributed by atoms with van der Waals surface area (Å²) in [4.78, 5) is 10.2. The molecular formula is C10H15N3O2. The van der Waals surface area contributed by atoms with Crippen LogP contribution in [0.3, 0.4) is 0 Å². The molecule has 0 aromatic carbocycles. The van der Waals surface area contributed by atoms with Crippen LogP contribution in [0.15, 0.2) is 6.20 Å². The van der Waals surface area contributed by atoms with E-state index in [0.29, 0.717) is 11.6 Å². The Morgan fingerprint density at radius 1 is 1.47 bits per heavy atom. The minimum Gasteiger partial charge on any atom is -0.358 e. The Kier molecular flexibility index (Phi) is 2.70. The molecule has 1 aromatic heterocycles. The number of hydrogen-bond acceptors (Lipinski definition) is 3. The van der Waals surface area contributed by atoms with Crippen LogP contribution in [0.2, 0.25) is 0 Å². The maximum atomic E-state index is 10.6. The lowest BCUT2D eigenvalue weighted by atomic mass is 9.96. The van der Waals surface area contributed by atoms with Crippen LogP contribution in [0.25, 0.3) is 0 Å². The molecule has 1 aliphatic carbocycles. The maximum Gasteiger partial charge on any atom is 0.392 e. The molecule has 5 nitrogen and oxygen atoms in total. The van der Waals surface area contributed by atoms with E-state index >= 15 is 0 Å². The molecule has 0 atom stereocenters. The second kappa shape index (κ2) is 4.00. The molecule has 2 rings (SSSR count). The molecule has 0 unspecified atom stereocenters. The van der Waals surface area contributed by atoms with E-state index in [-0.39, 0.29) is 5.82 Å². The number of nitrogens with zero attached hydrogens (tertiary/aromatic N) is 3. The van der Waals surface area contributed by atoms with E-state index in [0.717, 1.165) is 12.8 Å². The van der Waals surface area contributed by atoms with Crippen LogP contribution in [0.1, 0.15) is 43.7 Å². The highest BCUT2D eigenvalue weighted by molar-refractivity contribution is 5.28. The van der Waals surface area contributed by atoms with Gasteiger partial charge in [-0.3, -0.25) is 0 Å². The first-order chi connectivity index (χ1) is 7.18. The molecule has 15 heavy (non-hydrogen) atoms. The van der Waals surface area contributed by atoms with E-state index in [1.54, 1.807) is 17.8 Å². The summed E-state index contributed by atoms with van der Waals surface area (Å²) in [6.07, 6.45) is 7.68. The Hall–Kier alpha value is -1.39. The predicted octanol–water partition coefficient (Wildman–Crippen LogP) is 2.60. The van der Waals surface area contributed by atoms with Gasteiger partial charge in [0.15, 0.2) is 0 Å². The summed E-state index contributed by atoms with van der Waals surface area (Å²) in [6, 6.07) is 0.367. The van der Waals surface area contributed by atoms with Crippen LogP contribution in [-0.2, 0) is 0 Å². The van der Waals surface area contributed by atoms with E-state index in [9.17, 15) is 10.1 Å². The van der Waals surface area contributed by atoms with Crippen molar-refractivity contribution in [3.05, 3.63) is 21.9 Å². The smallest absolute Gasteiger partial charge is 0.358 e. The maximum absolute atomic E-state index is 10.6. The molecule has 0 bridgehead atoms. The van der Waals surface area contributed by atoms with Crippen molar-refractivity contribution < 1.29 is 4.92 Å². The normalized spacial score (nSPS) is 17.9. The van der Waals surface area contributed by atoms with Gasteiger partial charge in [-0.15, -0.1) is 0 Å². The summed E-state index contributed by atoms with van der Waals surface area (Å²) < 4.78 is 1.78. The van der Waals surface area contributed by atoms with E-state index in [2.05, 4.69) is 5.10 Å². The molecule has 5 heteroatoms. The molecule has 1 saturated carbocycles. The van der Waals surface area contributed by atoms with Gasteiger partial charge in [0.2, 0.25) is 0 Å². The first kappa shape index (κ1) is 10.1. The zero-order chi connectivity index (χ0) is 10.8. The molecular weight excluding hydrogens is 194 g/mol. The van der Waals surface area contributed by atoms with E-state index in [1.165, 1.54) is 19.3 Å². The van der Waals surface area contributed by atoms with E-state index in [4.69, 9.17) is 0 Å². The minimum atomic E-state index is -0.408. The first-order valence-electron chi connectivity index (χ1n) is 5.38. The number of nitro groups is 1. The summed E-state index contributed by atoms with van der Waals surface area (Å²) in [6.45, 7) is 1.74. The lowest BCUT2D eigenvalue weighted by Gasteiger charge is -2.18. The fourth-order valence-corrected chi connectivity index (χ4v) is 2.19. The van der Waals surface area contributed by atoms with E-state index in [1.807, 2.05) is 0 Å². The molecule has 0 amide bonds. The monoisotopic (exact) mass is 209 g/mol. The fraction of sp³-hybridized carbons (Fsp3) is 0.700. The molecule has 0 spiro atoms. The largest absolute Gasteiger partial charge is 0.392 e. The van der Waals surface area contributed by atoms with Crippen molar-refractivity contribution >= 4 is 5.82 Å². The van der Waals surface area contributed by atoms with Gasteiger partial charge in [0.25, 0.3) is 0 Å². The third-order valence-corrected chi connectivity index (χ3v) is 3.01. The second-order valence-electron chi connectivity index (χ2n) is 4.16. The van der Waals surface area contributed by atoms with Crippen LogP contribution < -0.4 is 0 Å². The molecule has 0 aliphatic heterocycles. The number of aromatic nitrogens is 2. The summed E-state index contributed by atoms with van der Waals surface area (Å²) >= 11 is 0. The first-order valence-corrected chi connectivity index (χ1v) is 5.38. The molecule has 1 aliphatic rings. The van der Waals surface area contributed by atoms with Crippen LogP contribution >= 0.6 is 0 Å². The second-order valence-corrected chi connectivity index (χ2v) is 4.16. The summed E-state index contributed by atoms with van der Waals surface area (Å²) in [5.41, 5.74) is 0.658. The quantitative estimate of drug-likeness (QED) is 0.555. The lowest BCUT2D eigenvalue weighted by molar-refractivity contribution is -0.390. The topological polar surface area (TPSA) is 61.0 Å². The van der Waals surface area contributed by atoms with Crippen molar-refractivity contribution in [3.8, 4) is 0 Å². The van der Waals surface area contributed by atoms with Crippen molar-refractivity contribution in [2.45, 2.75) is 45.1 Å². The summed E-state index contributed by atoms with van der Waals surface area (Å²) in [5.74, 6) is 0.000531. The highest BCUT2D eigenvalue weighted by atomic mass is 16.6. The highest BCUT2D eigenvalue weighted by Crippen LogP contribution is 2.29. The van der Waals surface area contributed by atoms with Crippen LogP contribution in [-0.4, -0.2) is 14.7 Å².